The SMILES string of the molecule is CC1=C(/C=C/C=C2/N(C)c3ccc4ccccc4c3C2(C)C)C(C)(Cc2ccccc2)c2c1ccc1ccccc21. The van der Waals surface area contributed by atoms with Gasteiger partial charge in [0, 0.05) is 29.3 Å². The Morgan fingerprint density at radius 2 is 1.29 bits per heavy atom. The van der Waals surface area contributed by atoms with Crippen molar-refractivity contribution in [3.63, 3.8) is 0 Å². The predicted octanol–water partition coefficient (Wildman–Crippen LogP) is 10.1. The largest absolute Gasteiger partial charge is 0.347 e. The number of allylic oxidation sites excluding steroid dienone is 6. The van der Waals surface area contributed by atoms with Crippen LogP contribution >= 0.6 is 0 Å². The summed E-state index contributed by atoms with van der Waals surface area (Å²) in [5, 5.41) is 5.33. The van der Waals surface area contributed by atoms with Crippen LogP contribution in [0, 0.1) is 0 Å². The van der Waals surface area contributed by atoms with Crippen molar-refractivity contribution in [1.29, 1.82) is 0 Å². The van der Waals surface area contributed by atoms with Gasteiger partial charge in [-0.1, -0.05) is 130 Å². The van der Waals surface area contributed by atoms with Gasteiger partial charge in [-0.2, -0.15) is 0 Å². The van der Waals surface area contributed by atoms with Gasteiger partial charge in [0.25, 0.3) is 0 Å². The Balaban J connectivity index is 1.34. The average molecular weight is 532 g/mol. The zero-order valence-corrected chi connectivity index (χ0v) is 24.7. The third kappa shape index (κ3) is 3.83. The Bertz CT molecular complexity index is 1920. The highest BCUT2D eigenvalue weighted by Crippen LogP contribution is 2.52. The first kappa shape index (κ1) is 25.6. The predicted molar refractivity (Wildman–Crippen MR) is 177 cm³/mol. The van der Waals surface area contributed by atoms with Crippen molar-refractivity contribution in [1.82, 2.24) is 0 Å². The summed E-state index contributed by atoms with van der Waals surface area (Å²) in [5.74, 6) is 0. The van der Waals surface area contributed by atoms with Crippen LogP contribution in [0.25, 0.3) is 27.1 Å². The summed E-state index contributed by atoms with van der Waals surface area (Å²) in [6.07, 6.45) is 8.01. The summed E-state index contributed by atoms with van der Waals surface area (Å²) in [6.45, 7) is 9.48. The van der Waals surface area contributed by atoms with Gasteiger partial charge in [-0.05, 0) is 80.4 Å². The molecular weight excluding hydrogens is 494 g/mol. The Morgan fingerprint density at radius 3 is 2.00 bits per heavy atom. The smallest absolute Gasteiger partial charge is 0.0454 e. The maximum atomic E-state index is 2.45. The maximum absolute atomic E-state index is 2.45. The Labute approximate surface area is 244 Å². The number of benzene rings is 5. The molecule has 0 saturated carbocycles. The monoisotopic (exact) mass is 531 g/mol. The molecule has 7 rings (SSSR count). The first-order valence-corrected chi connectivity index (χ1v) is 14.7. The number of rotatable bonds is 4. The van der Waals surface area contributed by atoms with Crippen LogP contribution in [0.4, 0.5) is 5.69 Å². The molecule has 1 nitrogen and oxygen atoms in total. The molecule has 0 aromatic heterocycles. The van der Waals surface area contributed by atoms with Gasteiger partial charge in [0.05, 0.1) is 0 Å². The van der Waals surface area contributed by atoms with E-state index in [1.54, 1.807) is 0 Å². The third-order valence-electron chi connectivity index (χ3n) is 9.70. The molecule has 5 aromatic rings. The van der Waals surface area contributed by atoms with E-state index in [2.05, 4.69) is 161 Å². The molecule has 2 aliphatic rings. The fraction of sp³-hybridized carbons (Fsp3) is 0.200. The van der Waals surface area contributed by atoms with Gasteiger partial charge in [-0.25, -0.2) is 0 Å². The lowest BCUT2D eigenvalue weighted by Gasteiger charge is -2.30. The number of hydrogen-bond acceptors (Lipinski definition) is 1. The van der Waals surface area contributed by atoms with Crippen molar-refractivity contribution in [2.45, 2.75) is 44.9 Å². The molecule has 0 saturated heterocycles. The van der Waals surface area contributed by atoms with Crippen LogP contribution in [0.5, 0.6) is 0 Å². The van der Waals surface area contributed by atoms with Crippen LogP contribution in [-0.4, -0.2) is 7.05 Å². The number of fused-ring (bicyclic) bond motifs is 6. The quantitative estimate of drug-likeness (QED) is 0.223. The van der Waals surface area contributed by atoms with E-state index < -0.39 is 0 Å². The van der Waals surface area contributed by atoms with Crippen LogP contribution < -0.4 is 4.90 Å². The van der Waals surface area contributed by atoms with Crippen LogP contribution in [0.1, 0.15) is 49.9 Å². The molecule has 1 heteroatoms. The lowest BCUT2D eigenvalue weighted by atomic mass is 9.72. The van der Waals surface area contributed by atoms with Gasteiger partial charge < -0.3 is 4.90 Å². The Kier molecular flexibility index (Phi) is 5.84. The lowest BCUT2D eigenvalue weighted by Crippen LogP contribution is -2.25. The molecular formula is C40H37N. The molecule has 1 aliphatic heterocycles. The minimum Gasteiger partial charge on any atom is -0.347 e. The zero-order chi connectivity index (χ0) is 28.4. The van der Waals surface area contributed by atoms with E-state index in [0.29, 0.717) is 0 Å². The van der Waals surface area contributed by atoms with Crippen molar-refractivity contribution >= 4 is 32.8 Å². The molecule has 0 bridgehead atoms. The summed E-state index contributed by atoms with van der Waals surface area (Å²) in [7, 11) is 2.21. The van der Waals surface area contributed by atoms with E-state index in [4.69, 9.17) is 0 Å². The van der Waals surface area contributed by atoms with E-state index >= 15 is 0 Å². The molecule has 0 radical (unpaired) electrons. The average Bonchev–Trinajstić information content (AvgIpc) is 3.32. The van der Waals surface area contributed by atoms with E-state index in [9.17, 15) is 0 Å². The normalized spacial score (nSPS) is 20.5. The molecule has 0 spiro atoms. The minimum absolute atomic E-state index is 0.0963. The molecule has 1 aliphatic carbocycles. The number of likely N-dealkylation sites (N-methyl/N-ethyl adjacent to an activating group) is 1. The topological polar surface area (TPSA) is 3.24 Å². The first-order chi connectivity index (χ1) is 19.8. The highest BCUT2D eigenvalue weighted by Gasteiger charge is 2.41. The van der Waals surface area contributed by atoms with E-state index in [-0.39, 0.29) is 10.8 Å². The van der Waals surface area contributed by atoms with Crippen molar-refractivity contribution in [2.75, 3.05) is 11.9 Å². The van der Waals surface area contributed by atoms with Gasteiger partial charge in [-0.3, -0.25) is 0 Å². The minimum atomic E-state index is -0.132. The van der Waals surface area contributed by atoms with Crippen LogP contribution in [0.15, 0.2) is 133 Å². The first-order valence-electron chi connectivity index (χ1n) is 14.7. The van der Waals surface area contributed by atoms with Crippen LogP contribution in [0.2, 0.25) is 0 Å². The second kappa shape index (κ2) is 9.35. The van der Waals surface area contributed by atoms with Crippen molar-refractivity contribution in [2.24, 2.45) is 0 Å². The maximum Gasteiger partial charge on any atom is 0.0454 e. The third-order valence-corrected chi connectivity index (χ3v) is 9.70. The summed E-state index contributed by atoms with van der Waals surface area (Å²) in [6, 6.07) is 37.8. The molecule has 1 atom stereocenters. The van der Waals surface area contributed by atoms with Gasteiger partial charge in [0.2, 0.25) is 0 Å². The molecule has 0 fully saturated rings. The second-order valence-electron chi connectivity index (χ2n) is 12.5. The number of nitrogens with zero attached hydrogens (tertiary/aromatic N) is 1. The van der Waals surface area contributed by atoms with Crippen molar-refractivity contribution < 1.29 is 0 Å². The second-order valence-corrected chi connectivity index (χ2v) is 12.5. The van der Waals surface area contributed by atoms with E-state index in [1.807, 2.05) is 0 Å². The van der Waals surface area contributed by atoms with E-state index in [0.717, 1.165) is 6.42 Å². The number of hydrogen-bond donors (Lipinski definition) is 0. The fourth-order valence-corrected chi connectivity index (χ4v) is 7.80. The number of anilines is 1. The molecule has 5 aromatic carbocycles. The molecule has 0 N–H and O–H groups in total. The van der Waals surface area contributed by atoms with Crippen LogP contribution in [-0.2, 0) is 17.3 Å². The summed E-state index contributed by atoms with van der Waals surface area (Å²) < 4.78 is 0. The highest BCUT2D eigenvalue weighted by molar-refractivity contribution is 5.97. The van der Waals surface area contributed by atoms with Gasteiger partial charge in [-0.15, -0.1) is 0 Å². The zero-order valence-electron chi connectivity index (χ0n) is 24.7. The summed E-state index contributed by atoms with van der Waals surface area (Å²) >= 11 is 0. The molecule has 1 unspecified atom stereocenters. The van der Waals surface area contributed by atoms with Gasteiger partial charge in [0.1, 0.15) is 0 Å². The Morgan fingerprint density at radius 1 is 0.683 bits per heavy atom. The Hall–Kier alpha value is -4.36. The molecule has 1 heterocycles. The van der Waals surface area contributed by atoms with Crippen molar-refractivity contribution in [3.05, 3.63) is 155 Å². The lowest BCUT2D eigenvalue weighted by molar-refractivity contribution is 0.582. The molecule has 0 amide bonds. The fourth-order valence-electron chi connectivity index (χ4n) is 7.80. The van der Waals surface area contributed by atoms with Gasteiger partial charge >= 0.3 is 0 Å². The summed E-state index contributed by atoms with van der Waals surface area (Å²) in [4.78, 5) is 2.38. The van der Waals surface area contributed by atoms with Gasteiger partial charge in [0.15, 0.2) is 0 Å². The molecule has 202 valence electrons. The van der Waals surface area contributed by atoms with Crippen molar-refractivity contribution in [3.8, 4) is 0 Å². The molecule has 41 heavy (non-hydrogen) atoms. The standard InChI is InChI=1S/C40H37N/c1-27-31-24-22-29-16-9-11-18-32(29)37(31)40(4,26-28-14-7-6-8-15-28)34(27)20-13-21-36-39(2,3)38-33-19-12-10-17-30(33)23-25-35(38)41(36)5/h6-25H,26H2,1-5H3/b20-13+,36-21+. The van der Waals surface area contributed by atoms with E-state index in [1.165, 1.54) is 66.3 Å². The summed E-state index contributed by atoms with van der Waals surface area (Å²) in [5.41, 5.74) is 10.8. The van der Waals surface area contributed by atoms with Crippen LogP contribution in [0.3, 0.4) is 0 Å². The highest BCUT2D eigenvalue weighted by atomic mass is 15.2.